The number of piperidine rings is 1. The maximum absolute atomic E-state index is 11.3. The first kappa shape index (κ1) is 12.5. The zero-order valence-electron chi connectivity index (χ0n) is 9.17. The van der Waals surface area contributed by atoms with E-state index < -0.39 is 0 Å². The number of hydrogen-bond donors (Lipinski definition) is 0. The molecule has 0 aromatic rings. The highest BCUT2D eigenvalue weighted by Crippen LogP contribution is 2.18. The second kappa shape index (κ2) is 6.13. The summed E-state index contributed by atoms with van der Waals surface area (Å²) in [5, 5.41) is 0. The molecule has 86 valence electrons. The third kappa shape index (κ3) is 3.84. The van der Waals surface area contributed by atoms with Crippen LogP contribution >= 0.6 is 11.6 Å². The van der Waals surface area contributed by atoms with Gasteiger partial charge in [0.25, 0.3) is 0 Å². The van der Waals surface area contributed by atoms with Crippen molar-refractivity contribution in [1.29, 1.82) is 0 Å². The number of ether oxygens (including phenoxy) is 1. The topological polar surface area (TPSA) is 29.5 Å². The number of carbonyl (C=O) groups excluding carboxylic acids is 1. The number of rotatable bonds is 4. The van der Waals surface area contributed by atoms with Crippen LogP contribution in [0.4, 0.5) is 0 Å². The molecule has 15 heavy (non-hydrogen) atoms. The first-order valence-corrected chi connectivity index (χ1v) is 5.73. The molecule has 1 aliphatic heterocycles. The van der Waals surface area contributed by atoms with Gasteiger partial charge in [-0.15, -0.1) is 11.6 Å². The zero-order chi connectivity index (χ0) is 11.3. The Bertz CT molecular complexity index is 235. The van der Waals surface area contributed by atoms with Crippen molar-refractivity contribution in [3.05, 3.63) is 12.2 Å². The number of carbonyl (C=O) groups is 1. The lowest BCUT2D eigenvalue weighted by Gasteiger charge is -2.30. The van der Waals surface area contributed by atoms with E-state index >= 15 is 0 Å². The van der Waals surface area contributed by atoms with Crippen LogP contribution in [0.5, 0.6) is 0 Å². The summed E-state index contributed by atoms with van der Waals surface area (Å²) >= 11 is 5.67. The fourth-order valence-corrected chi connectivity index (χ4v) is 1.94. The van der Waals surface area contributed by atoms with Gasteiger partial charge in [0.15, 0.2) is 0 Å². The largest absolute Gasteiger partial charge is 0.469 e. The second-order valence-electron chi connectivity index (χ2n) is 3.96. The lowest BCUT2D eigenvalue weighted by molar-refractivity contribution is -0.147. The summed E-state index contributed by atoms with van der Waals surface area (Å²) in [5.74, 6) is 0.512. The van der Waals surface area contributed by atoms with E-state index in [1.165, 1.54) is 7.11 Å². The molecule has 0 N–H and O–H groups in total. The molecule has 0 atom stereocenters. The van der Waals surface area contributed by atoms with Crippen molar-refractivity contribution >= 4 is 17.6 Å². The predicted octanol–water partition coefficient (Wildman–Crippen LogP) is 1.67. The molecular formula is C11H18ClNO2. The normalized spacial score (nSPS) is 18.8. The highest BCUT2D eigenvalue weighted by Gasteiger charge is 2.25. The van der Waals surface area contributed by atoms with Gasteiger partial charge in [0.2, 0.25) is 0 Å². The lowest BCUT2D eigenvalue weighted by Crippen LogP contribution is -2.37. The van der Waals surface area contributed by atoms with E-state index in [1.54, 1.807) is 0 Å². The summed E-state index contributed by atoms with van der Waals surface area (Å²) in [5.41, 5.74) is 1.04. The van der Waals surface area contributed by atoms with E-state index in [4.69, 9.17) is 16.3 Å². The summed E-state index contributed by atoms with van der Waals surface area (Å²) in [6, 6.07) is 0. The molecule has 0 unspecified atom stereocenters. The molecule has 0 radical (unpaired) electrons. The third-order valence-corrected chi connectivity index (χ3v) is 3.14. The molecule has 0 amide bonds. The number of methoxy groups -OCH3 is 1. The molecule has 1 fully saturated rings. The van der Waals surface area contributed by atoms with Gasteiger partial charge < -0.3 is 4.74 Å². The van der Waals surface area contributed by atoms with E-state index in [1.807, 2.05) is 0 Å². The van der Waals surface area contributed by atoms with Gasteiger partial charge in [-0.2, -0.15) is 0 Å². The summed E-state index contributed by atoms with van der Waals surface area (Å²) in [6.45, 7) is 6.57. The SMILES string of the molecule is C=C(CCl)CN1CCC(C(=O)OC)CC1. The Balaban J connectivity index is 2.29. The van der Waals surface area contributed by atoms with E-state index in [9.17, 15) is 4.79 Å². The molecule has 0 spiro atoms. The van der Waals surface area contributed by atoms with Gasteiger partial charge >= 0.3 is 5.97 Å². The van der Waals surface area contributed by atoms with Crippen molar-refractivity contribution in [2.45, 2.75) is 12.8 Å². The summed E-state index contributed by atoms with van der Waals surface area (Å²) < 4.78 is 4.73. The van der Waals surface area contributed by atoms with Gasteiger partial charge in [-0.1, -0.05) is 6.58 Å². The fourth-order valence-electron chi connectivity index (χ4n) is 1.85. The number of alkyl halides is 1. The van der Waals surface area contributed by atoms with Crippen molar-refractivity contribution in [2.24, 2.45) is 5.92 Å². The number of esters is 1. The van der Waals surface area contributed by atoms with Crippen LogP contribution in [0.2, 0.25) is 0 Å². The Kier molecular flexibility index (Phi) is 5.12. The van der Waals surface area contributed by atoms with Crippen LogP contribution in [-0.2, 0) is 9.53 Å². The molecule has 1 saturated heterocycles. The highest BCUT2D eigenvalue weighted by atomic mass is 35.5. The van der Waals surface area contributed by atoms with Gasteiger partial charge in [0.05, 0.1) is 13.0 Å². The average Bonchev–Trinajstić information content (AvgIpc) is 2.29. The van der Waals surface area contributed by atoms with E-state index in [0.29, 0.717) is 5.88 Å². The Hall–Kier alpha value is -0.540. The Labute approximate surface area is 96.0 Å². The van der Waals surface area contributed by atoms with Gasteiger partial charge in [-0.25, -0.2) is 0 Å². The molecule has 0 aromatic carbocycles. The van der Waals surface area contributed by atoms with Gasteiger partial charge in [0.1, 0.15) is 0 Å². The molecule has 1 heterocycles. The molecular weight excluding hydrogens is 214 g/mol. The van der Waals surface area contributed by atoms with Gasteiger partial charge in [-0.3, -0.25) is 9.69 Å². The molecule has 1 rings (SSSR count). The van der Waals surface area contributed by atoms with Crippen LogP contribution < -0.4 is 0 Å². The van der Waals surface area contributed by atoms with Crippen molar-refractivity contribution < 1.29 is 9.53 Å². The van der Waals surface area contributed by atoms with Crippen LogP contribution in [-0.4, -0.2) is 43.5 Å². The zero-order valence-corrected chi connectivity index (χ0v) is 9.92. The summed E-state index contributed by atoms with van der Waals surface area (Å²) in [7, 11) is 1.45. The average molecular weight is 232 g/mol. The van der Waals surface area contributed by atoms with Crippen LogP contribution in [0.3, 0.4) is 0 Å². The van der Waals surface area contributed by atoms with Crippen molar-refractivity contribution in [1.82, 2.24) is 4.90 Å². The van der Waals surface area contributed by atoms with Crippen LogP contribution in [0.15, 0.2) is 12.2 Å². The molecule has 1 aliphatic rings. The van der Waals surface area contributed by atoms with Crippen LogP contribution in [0.25, 0.3) is 0 Å². The standard InChI is InChI=1S/C11H18ClNO2/c1-9(7-12)8-13-5-3-10(4-6-13)11(14)15-2/h10H,1,3-8H2,2H3. The van der Waals surface area contributed by atoms with E-state index in [-0.39, 0.29) is 11.9 Å². The molecule has 3 nitrogen and oxygen atoms in total. The first-order chi connectivity index (χ1) is 7.17. The predicted molar refractivity (Wildman–Crippen MR) is 61.0 cm³/mol. The summed E-state index contributed by atoms with van der Waals surface area (Å²) in [6.07, 6.45) is 1.75. The first-order valence-electron chi connectivity index (χ1n) is 5.20. The van der Waals surface area contributed by atoms with Crippen molar-refractivity contribution in [3.8, 4) is 0 Å². The number of nitrogens with zero attached hydrogens (tertiary/aromatic N) is 1. The van der Waals surface area contributed by atoms with E-state index in [2.05, 4.69) is 11.5 Å². The van der Waals surface area contributed by atoms with Crippen LogP contribution in [0.1, 0.15) is 12.8 Å². The van der Waals surface area contributed by atoms with Crippen molar-refractivity contribution in [2.75, 3.05) is 32.6 Å². The third-order valence-electron chi connectivity index (χ3n) is 2.76. The number of halogens is 1. The molecule has 0 saturated carbocycles. The molecule has 0 aromatic heterocycles. The van der Waals surface area contributed by atoms with Crippen LogP contribution in [0, 0.1) is 5.92 Å². The van der Waals surface area contributed by atoms with Crippen molar-refractivity contribution in [3.63, 3.8) is 0 Å². The molecule has 0 bridgehead atoms. The maximum atomic E-state index is 11.3. The quantitative estimate of drug-likeness (QED) is 0.419. The minimum Gasteiger partial charge on any atom is -0.469 e. The molecule has 4 heteroatoms. The second-order valence-corrected chi connectivity index (χ2v) is 4.22. The Morgan fingerprint density at radius 3 is 2.60 bits per heavy atom. The Morgan fingerprint density at radius 1 is 1.53 bits per heavy atom. The van der Waals surface area contributed by atoms with E-state index in [0.717, 1.165) is 38.0 Å². The molecule has 0 aliphatic carbocycles. The summed E-state index contributed by atoms with van der Waals surface area (Å²) in [4.78, 5) is 13.6. The lowest BCUT2D eigenvalue weighted by atomic mass is 9.97. The van der Waals surface area contributed by atoms with Gasteiger partial charge in [-0.05, 0) is 31.5 Å². The maximum Gasteiger partial charge on any atom is 0.308 e. The number of hydrogen-bond acceptors (Lipinski definition) is 3. The van der Waals surface area contributed by atoms with Gasteiger partial charge in [0, 0.05) is 12.4 Å². The number of likely N-dealkylation sites (tertiary alicyclic amines) is 1. The Morgan fingerprint density at radius 2 is 2.13 bits per heavy atom. The minimum absolute atomic E-state index is 0.0779. The highest BCUT2D eigenvalue weighted by molar-refractivity contribution is 6.19. The monoisotopic (exact) mass is 231 g/mol. The fraction of sp³-hybridized carbons (Fsp3) is 0.727. The minimum atomic E-state index is -0.0779. The smallest absolute Gasteiger partial charge is 0.308 e.